The predicted molar refractivity (Wildman–Crippen MR) is 141 cm³/mol. The number of carbonyl (C=O) groups is 2. The van der Waals surface area contributed by atoms with E-state index in [4.69, 9.17) is 0 Å². The van der Waals surface area contributed by atoms with E-state index in [0.717, 1.165) is 24.8 Å². The SMILES string of the molecule is CC[C@H](NC)C(=O)Nc1cnc(-c2ccc(F)cc2C)n(CC(=O)NC2CCCc3ccccc32)c1=O. The van der Waals surface area contributed by atoms with E-state index in [9.17, 15) is 18.8 Å². The highest BCUT2D eigenvalue weighted by Gasteiger charge is 2.24. The van der Waals surface area contributed by atoms with Crippen LogP contribution in [0, 0.1) is 12.7 Å². The Hall–Kier alpha value is -3.85. The van der Waals surface area contributed by atoms with Crippen molar-refractivity contribution in [1.29, 1.82) is 0 Å². The Morgan fingerprint density at radius 2 is 2.00 bits per heavy atom. The van der Waals surface area contributed by atoms with E-state index >= 15 is 0 Å². The highest BCUT2D eigenvalue weighted by molar-refractivity contribution is 5.94. The zero-order chi connectivity index (χ0) is 26.5. The maximum Gasteiger partial charge on any atom is 0.278 e. The molecule has 2 amide bonds. The number of aryl methyl sites for hydroxylation is 2. The average molecular weight is 506 g/mol. The molecule has 37 heavy (non-hydrogen) atoms. The van der Waals surface area contributed by atoms with Crippen molar-refractivity contribution in [3.8, 4) is 11.4 Å². The third-order valence-electron chi connectivity index (χ3n) is 6.81. The lowest BCUT2D eigenvalue weighted by atomic mass is 9.88. The fourth-order valence-electron chi connectivity index (χ4n) is 4.85. The van der Waals surface area contributed by atoms with Crippen LogP contribution in [-0.2, 0) is 22.6 Å². The van der Waals surface area contributed by atoms with E-state index in [0.29, 0.717) is 17.5 Å². The van der Waals surface area contributed by atoms with E-state index in [-0.39, 0.29) is 35.9 Å². The lowest BCUT2D eigenvalue weighted by molar-refractivity contribution is -0.122. The molecule has 0 bridgehead atoms. The first-order valence-electron chi connectivity index (χ1n) is 12.5. The molecule has 1 heterocycles. The van der Waals surface area contributed by atoms with Crippen LogP contribution in [0.3, 0.4) is 0 Å². The standard InChI is InChI=1S/C28H32FN5O3/c1-4-22(30-3)27(36)33-24-15-31-26(20-13-12-19(29)14-17(20)2)34(28(24)37)16-25(35)32-23-11-7-9-18-8-5-6-10-21(18)23/h5-6,8,10,12-15,22-23,30H,4,7,9,11,16H2,1-3H3,(H,32,35)(H,33,36)/t22-,23?/m0/s1. The second-order valence-electron chi connectivity index (χ2n) is 9.30. The van der Waals surface area contributed by atoms with Gasteiger partial charge in [0.15, 0.2) is 0 Å². The fraction of sp³-hybridized carbons (Fsp3) is 0.357. The van der Waals surface area contributed by atoms with E-state index in [1.54, 1.807) is 14.0 Å². The van der Waals surface area contributed by atoms with Crippen LogP contribution in [0.4, 0.5) is 10.1 Å². The topological polar surface area (TPSA) is 105 Å². The second kappa shape index (κ2) is 11.5. The Kier molecular flexibility index (Phi) is 8.13. The van der Waals surface area contributed by atoms with Gasteiger partial charge in [0, 0.05) is 5.56 Å². The number of fused-ring (bicyclic) bond motifs is 1. The Balaban J connectivity index is 1.68. The van der Waals surface area contributed by atoms with Gasteiger partial charge in [0.05, 0.1) is 18.3 Å². The number of aromatic nitrogens is 2. The van der Waals surface area contributed by atoms with Crippen molar-refractivity contribution in [1.82, 2.24) is 20.2 Å². The summed E-state index contributed by atoms with van der Waals surface area (Å²) in [7, 11) is 1.67. The molecule has 3 N–H and O–H groups in total. The molecule has 1 aromatic heterocycles. The number of nitrogens with one attached hydrogen (secondary N) is 3. The van der Waals surface area contributed by atoms with Crippen molar-refractivity contribution in [2.24, 2.45) is 0 Å². The molecule has 0 radical (unpaired) electrons. The fourth-order valence-corrected chi connectivity index (χ4v) is 4.85. The third-order valence-corrected chi connectivity index (χ3v) is 6.81. The molecule has 0 spiro atoms. The molecule has 0 aliphatic heterocycles. The summed E-state index contributed by atoms with van der Waals surface area (Å²) in [5, 5.41) is 8.60. The average Bonchev–Trinajstić information content (AvgIpc) is 2.88. The number of likely N-dealkylation sites (N-methyl/N-ethyl adjacent to an activating group) is 1. The van der Waals surface area contributed by atoms with Gasteiger partial charge in [-0.15, -0.1) is 0 Å². The number of hydrogen-bond donors (Lipinski definition) is 3. The Labute approximate surface area is 215 Å². The molecule has 4 rings (SSSR count). The van der Waals surface area contributed by atoms with Gasteiger partial charge in [0.2, 0.25) is 11.8 Å². The van der Waals surface area contributed by atoms with Crippen LogP contribution in [0.15, 0.2) is 53.5 Å². The van der Waals surface area contributed by atoms with Gasteiger partial charge in [0.25, 0.3) is 5.56 Å². The zero-order valence-electron chi connectivity index (χ0n) is 21.3. The summed E-state index contributed by atoms with van der Waals surface area (Å²) < 4.78 is 15.0. The molecule has 0 saturated carbocycles. The van der Waals surface area contributed by atoms with Crippen LogP contribution in [-0.4, -0.2) is 34.5 Å². The van der Waals surface area contributed by atoms with Gasteiger partial charge in [-0.1, -0.05) is 31.2 Å². The highest BCUT2D eigenvalue weighted by atomic mass is 19.1. The van der Waals surface area contributed by atoms with Crippen LogP contribution in [0.2, 0.25) is 0 Å². The molecule has 9 heteroatoms. The van der Waals surface area contributed by atoms with Crippen LogP contribution in [0.25, 0.3) is 11.4 Å². The lowest BCUT2D eigenvalue weighted by Gasteiger charge is -2.26. The van der Waals surface area contributed by atoms with Gasteiger partial charge in [-0.05, 0) is 74.5 Å². The number of amides is 2. The molecule has 0 fully saturated rings. The van der Waals surface area contributed by atoms with Crippen LogP contribution < -0.4 is 21.5 Å². The van der Waals surface area contributed by atoms with Crippen molar-refractivity contribution in [2.45, 2.75) is 58.2 Å². The zero-order valence-corrected chi connectivity index (χ0v) is 21.3. The Morgan fingerprint density at radius 3 is 2.73 bits per heavy atom. The van der Waals surface area contributed by atoms with Crippen LogP contribution in [0.1, 0.15) is 48.9 Å². The van der Waals surface area contributed by atoms with Crippen molar-refractivity contribution in [2.75, 3.05) is 12.4 Å². The number of rotatable bonds is 8. The van der Waals surface area contributed by atoms with E-state index < -0.39 is 17.4 Å². The monoisotopic (exact) mass is 505 g/mol. The third kappa shape index (κ3) is 5.77. The Morgan fingerprint density at radius 1 is 1.22 bits per heavy atom. The molecule has 8 nitrogen and oxygen atoms in total. The van der Waals surface area contributed by atoms with Gasteiger partial charge >= 0.3 is 0 Å². The van der Waals surface area contributed by atoms with E-state index in [1.807, 2.05) is 25.1 Å². The first kappa shape index (κ1) is 26.2. The number of nitrogens with zero attached hydrogens (tertiary/aromatic N) is 2. The minimum Gasteiger partial charge on any atom is -0.348 e. The van der Waals surface area contributed by atoms with Gasteiger partial charge in [-0.2, -0.15) is 0 Å². The number of halogens is 1. The first-order chi connectivity index (χ1) is 17.8. The normalized spacial score (nSPS) is 15.5. The number of carbonyl (C=O) groups excluding carboxylic acids is 2. The number of anilines is 1. The smallest absolute Gasteiger partial charge is 0.278 e. The van der Waals surface area contributed by atoms with Crippen molar-refractivity contribution >= 4 is 17.5 Å². The van der Waals surface area contributed by atoms with Crippen LogP contribution >= 0.6 is 0 Å². The summed E-state index contributed by atoms with van der Waals surface area (Å²) in [6, 6.07) is 11.6. The number of hydrogen-bond acceptors (Lipinski definition) is 5. The molecular formula is C28H32FN5O3. The molecular weight excluding hydrogens is 473 g/mol. The predicted octanol–water partition coefficient (Wildman–Crippen LogP) is 3.49. The van der Waals surface area contributed by atoms with Gasteiger partial charge in [0.1, 0.15) is 23.9 Å². The maximum absolute atomic E-state index is 13.8. The summed E-state index contributed by atoms with van der Waals surface area (Å²) in [5.41, 5.74) is 2.79. The quantitative estimate of drug-likeness (QED) is 0.435. The molecule has 1 aliphatic carbocycles. The summed E-state index contributed by atoms with van der Waals surface area (Å²) in [6.07, 6.45) is 4.54. The minimum absolute atomic E-state index is 0.0296. The first-order valence-corrected chi connectivity index (χ1v) is 12.5. The molecule has 2 atom stereocenters. The van der Waals surface area contributed by atoms with Gasteiger partial charge in [-0.3, -0.25) is 19.0 Å². The molecule has 1 aliphatic rings. The Bertz CT molecular complexity index is 1370. The molecule has 0 saturated heterocycles. The van der Waals surface area contributed by atoms with E-state index in [1.165, 1.54) is 34.5 Å². The molecule has 1 unspecified atom stereocenters. The minimum atomic E-state index is -0.563. The van der Waals surface area contributed by atoms with Gasteiger partial charge in [-0.25, -0.2) is 9.37 Å². The van der Waals surface area contributed by atoms with Gasteiger partial charge < -0.3 is 16.0 Å². The second-order valence-corrected chi connectivity index (χ2v) is 9.30. The van der Waals surface area contributed by atoms with Crippen molar-refractivity contribution in [3.05, 3.63) is 81.5 Å². The summed E-state index contributed by atoms with van der Waals surface area (Å²) in [4.78, 5) is 43.8. The van der Waals surface area contributed by atoms with E-state index in [2.05, 4.69) is 27.0 Å². The summed E-state index contributed by atoms with van der Waals surface area (Å²) in [6.45, 7) is 3.26. The van der Waals surface area contributed by atoms with Crippen molar-refractivity contribution < 1.29 is 14.0 Å². The largest absolute Gasteiger partial charge is 0.348 e. The van der Waals surface area contributed by atoms with Crippen molar-refractivity contribution in [3.63, 3.8) is 0 Å². The van der Waals surface area contributed by atoms with Crippen LogP contribution in [0.5, 0.6) is 0 Å². The summed E-state index contributed by atoms with van der Waals surface area (Å²) in [5.74, 6) is -0.910. The molecule has 194 valence electrons. The highest BCUT2D eigenvalue weighted by Crippen LogP contribution is 2.29. The lowest BCUT2D eigenvalue weighted by Crippen LogP contribution is -2.41. The molecule has 2 aromatic carbocycles. The summed E-state index contributed by atoms with van der Waals surface area (Å²) >= 11 is 0. The molecule has 3 aromatic rings. The maximum atomic E-state index is 13.8. The number of benzene rings is 2.